The van der Waals surface area contributed by atoms with Crippen molar-refractivity contribution in [2.45, 2.75) is 52.7 Å². The minimum Gasteiger partial charge on any atom is -0.444 e. The average molecular weight is 285 g/mol. The number of rotatable bonds is 7. The highest BCUT2D eigenvalue weighted by atomic mass is 16.6. The van der Waals surface area contributed by atoms with Crippen LogP contribution in [0.25, 0.3) is 0 Å². The lowest BCUT2D eigenvalue weighted by Crippen LogP contribution is -2.61. The van der Waals surface area contributed by atoms with Crippen LogP contribution in [-0.2, 0) is 4.74 Å². The summed E-state index contributed by atoms with van der Waals surface area (Å²) in [6, 6.07) is 0.419. The Labute approximate surface area is 123 Å². The minimum atomic E-state index is -0.405. The number of likely N-dealkylation sites (tertiary alicyclic amines) is 1. The van der Waals surface area contributed by atoms with Crippen LogP contribution in [-0.4, -0.2) is 66.8 Å². The van der Waals surface area contributed by atoms with Gasteiger partial charge in [0, 0.05) is 32.2 Å². The Morgan fingerprint density at radius 1 is 1.30 bits per heavy atom. The fraction of sp³-hybridized carbons (Fsp3) is 0.933. The quantitative estimate of drug-likeness (QED) is 0.776. The van der Waals surface area contributed by atoms with E-state index in [1.165, 1.54) is 6.42 Å². The maximum absolute atomic E-state index is 11.8. The molecule has 0 aliphatic carbocycles. The van der Waals surface area contributed by atoms with Gasteiger partial charge in [0.25, 0.3) is 0 Å². The highest BCUT2D eigenvalue weighted by Gasteiger charge is 2.33. The number of ether oxygens (including phenoxy) is 1. The first-order valence-corrected chi connectivity index (χ1v) is 7.79. The van der Waals surface area contributed by atoms with Crippen LogP contribution in [0.4, 0.5) is 4.79 Å². The maximum atomic E-state index is 11.8. The molecule has 0 spiro atoms. The van der Waals surface area contributed by atoms with Gasteiger partial charge in [-0.25, -0.2) is 4.79 Å². The summed E-state index contributed by atoms with van der Waals surface area (Å²) in [7, 11) is 0. The first kappa shape index (κ1) is 17.2. The maximum Gasteiger partial charge on any atom is 0.410 e. The van der Waals surface area contributed by atoms with Crippen molar-refractivity contribution in [1.82, 2.24) is 15.1 Å². The van der Waals surface area contributed by atoms with Crippen LogP contribution in [0.2, 0.25) is 0 Å². The van der Waals surface area contributed by atoms with E-state index in [2.05, 4.69) is 24.1 Å². The zero-order chi connectivity index (χ0) is 15.2. The number of nitrogens with zero attached hydrogens (tertiary/aromatic N) is 2. The van der Waals surface area contributed by atoms with E-state index in [-0.39, 0.29) is 6.09 Å². The lowest BCUT2D eigenvalue weighted by molar-refractivity contribution is 0.00519. The van der Waals surface area contributed by atoms with E-state index < -0.39 is 5.60 Å². The van der Waals surface area contributed by atoms with Crippen molar-refractivity contribution in [2.75, 3.05) is 39.3 Å². The van der Waals surface area contributed by atoms with Crippen LogP contribution in [0.15, 0.2) is 0 Å². The van der Waals surface area contributed by atoms with Crippen molar-refractivity contribution >= 4 is 6.09 Å². The number of carbonyl (C=O) groups is 1. The molecule has 1 saturated heterocycles. The monoisotopic (exact) mass is 285 g/mol. The molecule has 0 bridgehead atoms. The zero-order valence-corrected chi connectivity index (χ0v) is 13.7. The van der Waals surface area contributed by atoms with Gasteiger partial charge in [-0.1, -0.05) is 13.8 Å². The van der Waals surface area contributed by atoms with Gasteiger partial charge in [0.2, 0.25) is 0 Å². The highest BCUT2D eigenvalue weighted by Crippen LogP contribution is 2.14. The highest BCUT2D eigenvalue weighted by molar-refractivity contribution is 5.69. The number of hydrogen-bond acceptors (Lipinski definition) is 4. The number of hydrogen-bond donors (Lipinski definition) is 1. The summed E-state index contributed by atoms with van der Waals surface area (Å²) in [5, 5.41) is 3.50. The molecule has 1 fully saturated rings. The number of amides is 1. The summed E-state index contributed by atoms with van der Waals surface area (Å²) in [6.45, 7) is 15.9. The molecule has 0 saturated carbocycles. The van der Waals surface area contributed by atoms with E-state index in [9.17, 15) is 4.79 Å². The molecular formula is C15H31N3O2. The molecule has 1 rings (SSSR count). The summed E-state index contributed by atoms with van der Waals surface area (Å²) >= 11 is 0. The summed E-state index contributed by atoms with van der Waals surface area (Å²) in [5.74, 6) is 0. The molecular weight excluding hydrogens is 254 g/mol. The summed E-state index contributed by atoms with van der Waals surface area (Å²) in [4.78, 5) is 16.0. The molecule has 1 aliphatic rings. The van der Waals surface area contributed by atoms with Gasteiger partial charge in [-0.2, -0.15) is 0 Å². The van der Waals surface area contributed by atoms with Gasteiger partial charge < -0.3 is 19.9 Å². The predicted octanol–water partition coefficient (Wildman–Crippen LogP) is 1.93. The molecule has 0 aromatic carbocycles. The molecule has 0 radical (unpaired) electrons. The van der Waals surface area contributed by atoms with E-state index in [4.69, 9.17) is 4.74 Å². The van der Waals surface area contributed by atoms with E-state index in [1.54, 1.807) is 4.90 Å². The average Bonchev–Trinajstić information content (AvgIpc) is 2.27. The van der Waals surface area contributed by atoms with Gasteiger partial charge >= 0.3 is 6.09 Å². The first-order chi connectivity index (χ1) is 9.35. The Hall–Kier alpha value is -0.810. The third-order valence-electron chi connectivity index (χ3n) is 3.38. The lowest BCUT2D eigenvalue weighted by Gasteiger charge is -2.40. The molecule has 5 heteroatoms. The van der Waals surface area contributed by atoms with Crippen molar-refractivity contribution in [3.63, 3.8) is 0 Å². The van der Waals surface area contributed by atoms with Crippen molar-refractivity contribution in [3.05, 3.63) is 0 Å². The minimum absolute atomic E-state index is 0.197. The van der Waals surface area contributed by atoms with Gasteiger partial charge in [-0.3, -0.25) is 0 Å². The van der Waals surface area contributed by atoms with Gasteiger partial charge in [0.05, 0.1) is 0 Å². The fourth-order valence-electron chi connectivity index (χ4n) is 2.25. The number of nitrogens with one attached hydrogen (secondary N) is 1. The normalized spacial score (nSPS) is 16.4. The topological polar surface area (TPSA) is 44.8 Å². The van der Waals surface area contributed by atoms with Crippen LogP contribution in [0.5, 0.6) is 0 Å². The van der Waals surface area contributed by atoms with Gasteiger partial charge in [0.15, 0.2) is 0 Å². The predicted molar refractivity (Wildman–Crippen MR) is 82.0 cm³/mol. The molecule has 1 heterocycles. The van der Waals surface area contributed by atoms with E-state index in [1.807, 2.05) is 20.8 Å². The van der Waals surface area contributed by atoms with E-state index in [0.29, 0.717) is 6.04 Å². The Balaban J connectivity index is 2.12. The van der Waals surface area contributed by atoms with Crippen molar-refractivity contribution in [1.29, 1.82) is 0 Å². The Kier molecular flexibility index (Phi) is 6.76. The van der Waals surface area contributed by atoms with Crippen molar-refractivity contribution in [2.24, 2.45) is 0 Å². The lowest BCUT2D eigenvalue weighted by atomic mass is 10.1. The second-order valence-electron chi connectivity index (χ2n) is 6.47. The molecule has 118 valence electrons. The van der Waals surface area contributed by atoms with Crippen LogP contribution in [0, 0.1) is 0 Å². The SMILES string of the molecule is CCCN(CC)CCNC1CN(C(=O)OC(C)(C)C)C1. The Morgan fingerprint density at radius 2 is 1.95 bits per heavy atom. The van der Waals surface area contributed by atoms with Crippen LogP contribution in [0.1, 0.15) is 41.0 Å². The molecule has 20 heavy (non-hydrogen) atoms. The number of likely N-dealkylation sites (N-methyl/N-ethyl adjacent to an activating group) is 1. The van der Waals surface area contributed by atoms with Gasteiger partial charge in [0.1, 0.15) is 5.60 Å². The summed E-state index contributed by atoms with van der Waals surface area (Å²) in [6.07, 6.45) is 1.00. The molecule has 0 aromatic heterocycles. The standard InChI is InChI=1S/C15H31N3O2/c1-6-9-17(7-2)10-8-16-13-11-18(12-13)14(19)20-15(3,4)5/h13,16H,6-12H2,1-5H3. The molecule has 1 aliphatic heterocycles. The molecule has 0 aromatic rings. The Bertz CT molecular complexity index is 296. The molecule has 0 unspecified atom stereocenters. The zero-order valence-electron chi connectivity index (χ0n) is 13.7. The van der Waals surface area contributed by atoms with Gasteiger partial charge in [-0.05, 0) is 40.3 Å². The van der Waals surface area contributed by atoms with Crippen molar-refractivity contribution in [3.8, 4) is 0 Å². The van der Waals surface area contributed by atoms with Gasteiger partial charge in [-0.15, -0.1) is 0 Å². The molecule has 5 nitrogen and oxygen atoms in total. The second kappa shape index (κ2) is 7.84. The fourth-order valence-corrected chi connectivity index (χ4v) is 2.25. The first-order valence-electron chi connectivity index (χ1n) is 7.79. The van der Waals surface area contributed by atoms with Crippen LogP contribution < -0.4 is 5.32 Å². The smallest absolute Gasteiger partial charge is 0.410 e. The van der Waals surface area contributed by atoms with Crippen LogP contribution >= 0.6 is 0 Å². The van der Waals surface area contributed by atoms with E-state index in [0.717, 1.165) is 39.3 Å². The Morgan fingerprint density at radius 3 is 2.45 bits per heavy atom. The van der Waals surface area contributed by atoms with Crippen LogP contribution in [0.3, 0.4) is 0 Å². The third kappa shape index (κ3) is 6.09. The summed E-state index contributed by atoms with van der Waals surface area (Å²) < 4.78 is 5.33. The third-order valence-corrected chi connectivity index (χ3v) is 3.38. The molecule has 0 atom stereocenters. The molecule has 1 amide bonds. The summed E-state index contributed by atoms with van der Waals surface area (Å²) in [5.41, 5.74) is -0.405. The van der Waals surface area contributed by atoms with Crippen molar-refractivity contribution < 1.29 is 9.53 Å². The molecule has 1 N–H and O–H groups in total. The second-order valence-corrected chi connectivity index (χ2v) is 6.47. The van der Waals surface area contributed by atoms with E-state index >= 15 is 0 Å². The largest absolute Gasteiger partial charge is 0.444 e. The number of carbonyl (C=O) groups excluding carboxylic acids is 1.